The Hall–Kier alpha value is -6.10. The lowest BCUT2D eigenvalue weighted by Gasteiger charge is -2.52. The van der Waals surface area contributed by atoms with Crippen LogP contribution >= 0.6 is 0 Å². The molecule has 0 N–H and O–H groups in total. The van der Waals surface area contributed by atoms with Crippen molar-refractivity contribution >= 4 is 21.8 Å². The van der Waals surface area contributed by atoms with Crippen molar-refractivity contribution in [2.75, 3.05) is 40.4 Å². The van der Waals surface area contributed by atoms with Crippen molar-refractivity contribution in [2.45, 2.75) is 76.7 Å². The minimum Gasteiger partial charge on any atom is -0.497 e. The Labute approximate surface area is 388 Å². The van der Waals surface area contributed by atoms with E-state index in [0.29, 0.717) is 41.3 Å². The molecule has 3 aromatic heterocycles. The quantitative estimate of drug-likeness (QED) is 0.105. The molecule has 0 aliphatic carbocycles. The number of hydrogen-bond donors (Lipinski definition) is 0. The van der Waals surface area contributed by atoms with Gasteiger partial charge in [0.05, 0.1) is 37.3 Å². The third-order valence-electron chi connectivity index (χ3n) is 15.6. The number of piperidine rings is 6. The Morgan fingerprint density at radius 1 is 0.576 bits per heavy atom. The molecule has 10 heteroatoms. The van der Waals surface area contributed by atoms with Gasteiger partial charge in [0.2, 0.25) is 11.8 Å². The van der Waals surface area contributed by atoms with Crippen LogP contribution in [0.15, 0.2) is 122 Å². The highest BCUT2D eigenvalue weighted by molar-refractivity contribution is 5.85. The highest BCUT2D eigenvalue weighted by Gasteiger charge is 2.47. The van der Waals surface area contributed by atoms with Gasteiger partial charge in [0, 0.05) is 52.9 Å². The van der Waals surface area contributed by atoms with E-state index < -0.39 is 12.2 Å². The van der Waals surface area contributed by atoms with Crippen molar-refractivity contribution in [1.82, 2.24) is 29.7 Å². The fourth-order valence-corrected chi connectivity index (χ4v) is 12.1. The normalized spacial score (nSPS) is 25.4. The van der Waals surface area contributed by atoms with Crippen molar-refractivity contribution in [3.63, 3.8) is 0 Å². The average molecular weight is 881 g/mol. The minimum absolute atomic E-state index is 0.106. The van der Waals surface area contributed by atoms with E-state index in [1.807, 2.05) is 54.9 Å². The van der Waals surface area contributed by atoms with E-state index in [-0.39, 0.29) is 12.1 Å². The summed E-state index contributed by atoms with van der Waals surface area (Å²) in [5.41, 5.74) is 6.48. The van der Waals surface area contributed by atoms with E-state index in [4.69, 9.17) is 38.9 Å². The highest BCUT2D eigenvalue weighted by atomic mass is 16.5. The molecule has 2 unspecified atom stereocenters. The molecule has 7 aromatic rings. The summed E-state index contributed by atoms with van der Waals surface area (Å²) in [6, 6.07) is 37.4. The maximum absolute atomic E-state index is 7.76. The van der Waals surface area contributed by atoms with Crippen LogP contribution in [0.1, 0.15) is 75.7 Å². The van der Waals surface area contributed by atoms with E-state index in [0.717, 1.165) is 100 Å². The third kappa shape index (κ3) is 7.91. The van der Waals surface area contributed by atoms with Crippen LogP contribution in [0.5, 0.6) is 23.3 Å². The third-order valence-corrected chi connectivity index (χ3v) is 15.6. The topological polar surface area (TPSA) is 95.0 Å². The maximum Gasteiger partial charge on any atom is 0.229 e. The second-order valence-electron chi connectivity index (χ2n) is 18.9. The molecule has 4 bridgehead atoms. The Morgan fingerprint density at radius 3 is 1.47 bits per heavy atom. The van der Waals surface area contributed by atoms with Crippen LogP contribution in [0.4, 0.5) is 0 Å². The molecular weight excluding hydrogens is 821 g/mol. The van der Waals surface area contributed by atoms with Crippen LogP contribution in [0.3, 0.4) is 0 Å². The van der Waals surface area contributed by atoms with Gasteiger partial charge < -0.3 is 18.9 Å². The number of nitrogens with zero attached hydrogens (tertiary/aromatic N) is 6. The molecular formula is C56H60N6O4. The lowest BCUT2D eigenvalue weighted by atomic mass is 9.72. The summed E-state index contributed by atoms with van der Waals surface area (Å²) in [7, 11) is 3.44. The lowest BCUT2D eigenvalue weighted by molar-refractivity contribution is -0.0510. The van der Waals surface area contributed by atoms with Crippen LogP contribution in [-0.2, 0) is 0 Å². The Balaban J connectivity index is 1.13. The highest BCUT2D eigenvalue weighted by Crippen LogP contribution is 2.50. The lowest BCUT2D eigenvalue weighted by Crippen LogP contribution is -2.56. The number of benzene rings is 4. The van der Waals surface area contributed by atoms with Crippen molar-refractivity contribution in [2.24, 2.45) is 23.7 Å². The first-order valence-corrected chi connectivity index (χ1v) is 24.2. The molecule has 10 nitrogen and oxygen atoms in total. The molecule has 6 saturated heterocycles. The van der Waals surface area contributed by atoms with Gasteiger partial charge >= 0.3 is 0 Å². The van der Waals surface area contributed by atoms with E-state index in [1.54, 1.807) is 14.2 Å². The van der Waals surface area contributed by atoms with Crippen LogP contribution in [0.2, 0.25) is 0 Å². The zero-order valence-corrected chi connectivity index (χ0v) is 38.6. The Morgan fingerprint density at radius 2 is 1.05 bits per heavy atom. The molecule has 6 fully saturated rings. The smallest absolute Gasteiger partial charge is 0.229 e. The van der Waals surface area contributed by atoms with Crippen LogP contribution in [0.25, 0.3) is 44.3 Å². The largest absolute Gasteiger partial charge is 0.497 e. The Kier molecular flexibility index (Phi) is 11.8. The van der Waals surface area contributed by atoms with Gasteiger partial charge in [-0.15, -0.1) is 0 Å². The molecule has 6 aliphatic rings. The number of ether oxygens (including phenoxy) is 4. The molecule has 10 atom stereocenters. The second-order valence-corrected chi connectivity index (χ2v) is 18.9. The van der Waals surface area contributed by atoms with E-state index in [9.17, 15) is 0 Å². The van der Waals surface area contributed by atoms with Gasteiger partial charge in [-0.2, -0.15) is 9.97 Å². The number of rotatable bonds is 14. The molecule has 4 aromatic carbocycles. The zero-order valence-electron chi connectivity index (χ0n) is 38.6. The van der Waals surface area contributed by atoms with E-state index in [2.05, 4.69) is 90.4 Å². The summed E-state index contributed by atoms with van der Waals surface area (Å²) >= 11 is 0. The van der Waals surface area contributed by atoms with Crippen molar-refractivity contribution in [3.8, 4) is 45.8 Å². The summed E-state index contributed by atoms with van der Waals surface area (Å²) in [5, 5.41) is 2.02. The standard InChI is InChI=1S/C56H60N6O4/c1-5-35-33-61-27-23-39(35)29-49(61)52(43-21-25-57-47-19-17-41(63-3)31-45(43)47)65-55-51(37-13-9-7-10-14-37)56(60-54(59-55)38-15-11-8-12-16-38)66-53(50-30-40-24-28-62(50)34-36(40)6-2)44-22-26-58-48-20-18-42(64-4)32-46(44)48/h7-22,25-26,31-32,35-36,39-40,49-50,52-53H,5-6,23-24,27-30,33-34H2,1-4H3/t35-,36-,39-,40-,49-,50-,52-,53-/m0/s1. The molecule has 338 valence electrons. The van der Waals surface area contributed by atoms with Crippen LogP contribution in [0, 0.1) is 23.7 Å². The fraction of sp³-hybridized carbons (Fsp3) is 0.393. The van der Waals surface area contributed by atoms with Gasteiger partial charge in [0.15, 0.2) is 5.82 Å². The Bertz CT molecular complexity index is 2680. The molecule has 9 heterocycles. The minimum atomic E-state index is -0.393. The number of hydrogen-bond acceptors (Lipinski definition) is 10. The number of aromatic nitrogens is 4. The monoisotopic (exact) mass is 880 g/mol. The van der Waals surface area contributed by atoms with Gasteiger partial charge in [-0.1, -0.05) is 87.4 Å². The molecule has 66 heavy (non-hydrogen) atoms. The van der Waals surface area contributed by atoms with Crippen molar-refractivity contribution in [3.05, 3.63) is 133 Å². The van der Waals surface area contributed by atoms with Crippen molar-refractivity contribution in [1.29, 1.82) is 0 Å². The first-order chi connectivity index (χ1) is 32.5. The predicted molar refractivity (Wildman–Crippen MR) is 260 cm³/mol. The van der Waals surface area contributed by atoms with Gasteiger partial charge in [0.25, 0.3) is 0 Å². The van der Waals surface area contributed by atoms with E-state index in [1.165, 1.54) is 25.7 Å². The zero-order chi connectivity index (χ0) is 44.7. The van der Waals surface area contributed by atoms with Crippen LogP contribution < -0.4 is 18.9 Å². The fourth-order valence-electron chi connectivity index (χ4n) is 12.1. The first kappa shape index (κ1) is 42.5. The number of fused-ring (bicyclic) bond motifs is 8. The molecule has 0 radical (unpaired) electrons. The molecule has 6 aliphatic heterocycles. The summed E-state index contributed by atoms with van der Waals surface area (Å²) < 4.78 is 27.2. The summed E-state index contributed by atoms with van der Waals surface area (Å²) in [6.07, 6.45) is 9.90. The summed E-state index contributed by atoms with van der Waals surface area (Å²) in [5.74, 6) is 5.70. The number of pyridine rings is 2. The van der Waals surface area contributed by atoms with Gasteiger partial charge in [0.1, 0.15) is 29.3 Å². The second kappa shape index (κ2) is 18.3. The maximum atomic E-state index is 7.76. The van der Waals surface area contributed by atoms with Gasteiger partial charge in [-0.05, 0) is 117 Å². The molecule has 0 spiro atoms. The SMILES string of the molecule is CC[C@H]1CN2CC[C@H]1C[C@H]2[C@@H](Oc1nc(-c2ccccc2)nc(O[C@@H](c2ccnc3ccc(OC)cc23)[C@@H]2C[C@@H]3CCN2C[C@@H]3CC)c1-c1ccccc1)c1ccnc2ccc(OC)cc12. The summed E-state index contributed by atoms with van der Waals surface area (Å²) in [6.45, 7) is 8.88. The average Bonchev–Trinajstić information content (AvgIpc) is 3.39. The molecule has 13 rings (SSSR count). The predicted octanol–water partition coefficient (Wildman–Crippen LogP) is 11.4. The molecule has 0 amide bonds. The van der Waals surface area contributed by atoms with Crippen LogP contribution in [-0.4, -0.2) is 82.2 Å². The first-order valence-electron chi connectivity index (χ1n) is 24.2. The van der Waals surface area contributed by atoms with Gasteiger partial charge in [-0.25, -0.2) is 0 Å². The van der Waals surface area contributed by atoms with E-state index >= 15 is 0 Å². The van der Waals surface area contributed by atoms with Gasteiger partial charge in [-0.3, -0.25) is 19.8 Å². The summed E-state index contributed by atoms with van der Waals surface area (Å²) in [4.78, 5) is 26.0. The molecule has 0 saturated carbocycles. The van der Waals surface area contributed by atoms with Crippen molar-refractivity contribution < 1.29 is 18.9 Å². The number of methoxy groups -OCH3 is 2.